The molecule has 2 N–H and O–H groups in total. The number of nitrogens with one attached hydrogen (secondary N) is 1. The summed E-state index contributed by atoms with van der Waals surface area (Å²) in [5.41, 5.74) is -2.87. The van der Waals surface area contributed by atoms with Gasteiger partial charge in [-0.2, -0.15) is 13.2 Å². The Hall–Kier alpha value is -1.73. The minimum absolute atomic E-state index is 0.249. The minimum Gasteiger partial charge on any atom is -0.481 e. The first-order chi connectivity index (χ1) is 8.64. The van der Waals surface area contributed by atoms with E-state index in [-0.39, 0.29) is 6.54 Å². The normalized spacial score (nSPS) is 24.9. The highest BCUT2D eigenvalue weighted by atomic mass is 19.4. The number of amides is 2. The zero-order valence-electron chi connectivity index (χ0n) is 10.3. The van der Waals surface area contributed by atoms with Crippen molar-refractivity contribution in [3.63, 3.8) is 0 Å². The molecule has 0 radical (unpaired) electrons. The number of urea groups is 1. The number of aliphatic carboxylic acids is 1. The Labute approximate surface area is 108 Å². The molecule has 0 aromatic rings. The highest BCUT2D eigenvalue weighted by Crippen LogP contribution is 2.45. The van der Waals surface area contributed by atoms with Gasteiger partial charge in [0.05, 0.1) is 0 Å². The molecule has 5 nitrogen and oxygen atoms in total. The number of nitrogens with zero attached hydrogens (tertiary/aromatic N) is 1. The predicted octanol–water partition coefficient (Wildman–Crippen LogP) is 1.61. The molecule has 1 saturated heterocycles. The van der Waals surface area contributed by atoms with Crippen molar-refractivity contribution in [1.29, 1.82) is 0 Å². The Bertz CT molecular complexity index is 397. The Kier molecular flexibility index (Phi) is 4.12. The largest absolute Gasteiger partial charge is 0.481 e. The highest BCUT2D eigenvalue weighted by Gasteiger charge is 2.64. The fourth-order valence-electron chi connectivity index (χ4n) is 1.86. The van der Waals surface area contributed by atoms with Crippen LogP contribution in [0.4, 0.5) is 18.0 Å². The first-order valence-corrected chi connectivity index (χ1v) is 5.62. The summed E-state index contributed by atoms with van der Waals surface area (Å²) in [6, 6.07) is -1.13. The topological polar surface area (TPSA) is 69.6 Å². The van der Waals surface area contributed by atoms with Crippen molar-refractivity contribution in [1.82, 2.24) is 10.2 Å². The third-order valence-corrected chi connectivity index (χ3v) is 3.21. The molecule has 1 rings (SSSR count). The van der Waals surface area contributed by atoms with Gasteiger partial charge < -0.3 is 15.3 Å². The molecule has 1 aliphatic rings. The van der Waals surface area contributed by atoms with E-state index in [1.54, 1.807) is 6.92 Å². The second kappa shape index (κ2) is 5.10. The molecule has 0 saturated carbocycles. The summed E-state index contributed by atoms with van der Waals surface area (Å²) in [6.07, 6.45) is -4.11. The van der Waals surface area contributed by atoms with Crippen molar-refractivity contribution in [2.24, 2.45) is 5.41 Å². The minimum atomic E-state index is -4.89. The van der Waals surface area contributed by atoms with Gasteiger partial charge in [0.25, 0.3) is 0 Å². The monoisotopic (exact) mass is 280 g/mol. The molecular weight excluding hydrogens is 265 g/mol. The van der Waals surface area contributed by atoms with Crippen molar-refractivity contribution in [3.8, 4) is 0 Å². The van der Waals surface area contributed by atoms with E-state index in [1.807, 2.05) is 0 Å². The lowest BCUT2D eigenvalue weighted by atomic mass is 9.86. The third-order valence-electron chi connectivity index (χ3n) is 3.21. The zero-order chi connectivity index (χ0) is 14.8. The van der Waals surface area contributed by atoms with E-state index in [4.69, 9.17) is 5.11 Å². The number of carbonyl (C=O) groups is 2. The lowest BCUT2D eigenvalue weighted by Crippen LogP contribution is -2.49. The van der Waals surface area contributed by atoms with Crippen molar-refractivity contribution in [2.45, 2.75) is 25.6 Å². The molecule has 0 aromatic carbocycles. The standard InChI is InChI=1S/C11H15F3N2O3/c1-3-7(2)15-9(19)16-5-4-10(6-16,8(17)18)11(12,13)14/h3,7H,1,4-6H2,2H3,(H,15,19)(H,17,18). The molecule has 2 unspecified atom stereocenters. The molecule has 0 aliphatic carbocycles. The van der Waals surface area contributed by atoms with Gasteiger partial charge in [-0.1, -0.05) is 6.08 Å². The Morgan fingerprint density at radius 1 is 1.53 bits per heavy atom. The third kappa shape index (κ3) is 2.82. The maximum absolute atomic E-state index is 12.9. The molecule has 2 atom stereocenters. The van der Waals surface area contributed by atoms with E-state index in [9.17, 15) is 22.8 Å². The molecule has 8 heteroatoms. The van der Waals surface area contributed by atoms with E-state index >= 15 is 0 Å². The Morgan fingerprint density at radius 2 is 2.11 bits per heavy atom. The average Bonchev–Trinajstić information content (AvgIpc) is 2.74. The number of likely N-dealkylation sites (tertiary alicyclic amines) is 1. The first-order valence-electron chi connectivity index (χ1n) is 5.62. The van der Waals surface area contributed by atoms with Crippen LogP contribution in [-0.4, -0.2) is 47.3 Å². The summed E-state index contributed by atoms with van der Waals surface area (Å²) in [5, 5.41) is 11.2. The summed E-state index contributed by atoms with van der Waals surface area (Å²) in [4.78, 5) is 23.4. The van der Waals surface area contributed by atoms with Crippen molar-refractivity contribution in [2.75, 3.05) is 13.1 Å². The van der Waals surface area contributed by atoms with Gasteiger partial charge in [0, 0.05) is 19.1 Å². The summed E-state index contributed by atoms with van der Waals surface area (Å²) in [6.45, 7) is 3.91. The van der Waals surface area contributed by atoms with Gasteiger partial charge in [-0.3, -0.25) is 4.79 Å². The maximum atomic E-state index is 12.9. The van der Waals surface area contributed by atoms with E-state index in [1.165, 1.54) is 6.08 Å². The number of hydrogen-bond acceptors (Lipinski definition) is 2. The molecular formula is C11H15F3N2O3. The lowest BCUT2D eigenvalue weighted by Gasteiger charge is -2.27. The summed E-state index contributed by atoms with van der Waals surface area (Å²) in [5.74, 6) is -1.95. The molecule has 1 fully saturated rings. The molecule has 108 valence electrons. The first kappa shape index (κ1) is 15.3. The van der Waals surface area contributed by atoms with Crippen molar-refractivity contribution >= 4 is 12.0 Å². The van der Waals surface area contributed by atoms with Crippen molar-refractivity contribution < 1.29 is 27.9 Å². The predicted molar refractivity (Wildman–Crippen MR) is 60.5 cm³/mol. The fraction of sp³-hybridized carbons (Fsp3) is 0.636. The van der Waals surface area contributed by atoms with Gasteiger partial charge >= 0.3 is 18.2 Å². The van der Waals surface area contributed by atoms with E-state index in [0.717, 1.165) is 4.90 Å². The van der Waals surface area contributed by atoms with Crippen LogP contribution < -0.4 is 5.32 Å². The van der Waals surface area contributed by atoms with E-state index in [2.05, 4.69) is 11.9 Å². The maximum Gasteiger partial charge on any atom is 0.406 e. The molecule has 19 heavy (non-hydrogen) atoms. The zero-order valence-corrected chi connectivity index (χ0v) is 10.3. The summed E-state index contributed by atoms with van der Waals surface area (Å²) >= 11 is 0. The number of carboxylic acids is 1. The second-order valence-corrected chi connectivity index (χ2v) is 4.53. The average molecular weight is 280 g/mol. The summed E-state index contributed by atoms with van der Waals surface area (Å²) < 4.78 is 38.6. The van der Waals surface area contributed by atoms with Crippen LogP contribution in [0.25, 0.3) is 0 Å². The summed E-state index contributed by atoms with van der Waals surface area (Å²) in [7, 11) is 0. The second-order valence-electron chi connectivity index (χ2n) is 4.53. The van der Waals surface area contributed by atoms with Crippen LogP contribution >= 0.6 is 0 Å². The van der Waals surface area contributed by atoms with E-state index in [0.29, 0.717) is 0 Å². The van der Waals surface area contributed by atoms with Crippen LogP contribution in [0.5, 0.6) is 0 Å². The van der Waals surface area contributed by atoms with Crippen LogP contribution in [0.3, 0.4) is 0 Å². The molecule has 2 amide bonds. The number of carbonyl (C=O) groups excluding carboxylic acids is 1. The van der Waals surface area contributed by atoms with Crippen LogP contribution in [0.2, 0.25) is 0 Å². The quantitative estimate of drug-likeness (QED) is 0.772. The molecule has 0 spiro atoms. The Morgan fingerprint density at radius 3 is 2.47 bits per heavy atom. The Balaban J connectivity index is 2.83. The van der Waals surface area contributed by atoms with Crippen molar-refractivity contribution in [3.05, 3.63) is 12.7 Å². The van der Waals surface area contributed by atoms with E-state index < -0.39 is 42.6 Å². The highest BCUT2D eigenvalue weighted by molar-refractivity contribution is 5.80. The van der Waals surface area contributed by atoms with Gasteiger partial charge in [-0.15, -0.1) is 6.58 Å². The van der Waals surface area contributed by atoms with Gasteiger partial charge in [0.15, 0.2) is 5.41 Å². The lowest BCUT2D eigenvalue weighted by molar-refractivity contribution is -0.226. The number of halogens is 3. The van der Waals surface area contributed by atoms with Crippen LogP contribution in [0.15, 0.2) is 12.7 Å². The number of rotatable bonds is 3. The molecule has 1 heterocycles. The molecule has 1 aliphatic heterocycles. The smallest absolute Gasteiger partial charge is 0.406 e. The number of hydrogen-bond donors (Lipinski definition) is 2. The van der Waals surface area contributed by atoms with Crippen LogP contribution in [0, 0.1) is 5.41 Å². The van der Waals surface area contributed by atoms with Gasteiger partial charge in [-0.05, 0) is 13.3 Å². The van der Waals surface area contributed by atoms with Crippen LogP contribution in [-0.2, 0) is 4.79 Å². The van der Waals surface area contributed by atoms with Gasteiger partial charge in [0.1, 0.15) is 0 Å². The van der Waals surface area contributed by atoms with Gasteiger partial charge in [-0.25, -0.2) is 4.79 Å². The number of alkyl halides is 3. The fourth-order valence-corrected chi connectivity index (χ4v) is 1.86. The molecule has 0 aromatic heterocycles. The SMILES string of the molecule is C=CC(C)NC(=O)N1CCC(C(=O)O)(C(F)(F)F)C1. The van der Waals surface area contributed by atoms with Gasteiger partial charge in [0.2, 0.25) is 0 Å². The number of carboxylic acid groups (broad SMARTS) is 1. The van der Waals surface area contributed by atoms with Crippen LogP contribution in [0.1, 0.15) is 13.3 Å². The molecule has 0 bridgehead atoms.